The average molecular weight is 936 g/mol. The fourth-order valence-electron chi connectivity index (χ4n) is 9.50. The molecule has 0 radical (unpaired) electrons. The Morgan fingerprint density at radius 1 is 0.400 bits per heavy atom. The highest BCUT2D eigenvalue weighted by atomic mass is 19.4. The zero-order chi connectivity index (χ0) is 48.8. The van der Waals surface area contributed by atoms with Crippen molar-refractivity contribution in [2.45, 2.75) is 40.0 Å². The molecule has 0 N–H and O–H groups in total. The molecular formula is C55H35F6N9. The summed E-state index contributed by atoms with van der Waals surface area (Å²) in [4.78, 5) is 27.1. The molecule has 4 aromatic heterocycles. The molecule has 9 nitrogen and oxygen atoms in total. The third kappa shape index (κ3) is 7.54. The number of para-hydroxylation sites is 2. The molecule has 4 heterocycles. The number of rotatable bonds is 6. The van der Waals surface area contributed by atoms with Crippen molar-refractivity contribution in [3.63, 3.8) is 0 Å². The van der Waals surface area contributed by atoms with E-state index in [4.69, 9.17) is 0 Å². The molecule has 0 aliphatic rings. The van der Waals surface area contributed by atoms with Gasteiger partial charge in [0.25, 0.3) is 0 Å². The van der Waals surface area contributed by atoms with Gasteiger partial charge in [0, 0.05) is 43.8 Å². The molecule has 11 rings (SSSR count). The number of halogens is 6. The Hall–Kier alpha value is -8.77. The van der Waals surface area contributed by atoms with E-state index in [1.54, 1.807) is 52.0 Å². The molecule has 0 atom stereocenters. The van der Waals surface area contributed by atoms with Crippen molar-refractivity contribution < 1.29 is 26.3 Å². The van der Waals surface area contributed by atoms with E-state index < -0.39 is 23.5 Å². The Morgan fingerprint density at radius 3 is 1.27 bits per heavy atom. The van der Waals surface area contributed by atoms with E-state index in [9.17, 15) is 31.6 Å². The van der Waals surface area contributed by atoms with E-state index in [0.717, 1.165) is 66.9 Å². The van der Waals surface area contributed by atoms with Gasteiger partial charge in [-0.25, -0.2) is 29.9 Å². The van der Waals surface area contributed by atoms with E-state index in [2.05, 4.69) is 36.0 Å². The highest BCUT2D eigenvalue weighted by molar-refractivity contribution is 6.12. The molecule has 342 valence electrons. The topological polar surface area (TPSA) is 111 Å². The summed E-state index contributed by atoms with van der Waals surface area (Å²) in [6.45, 7) is 7.19. The summed E-state index contributed by atoms with van der Waals surface area (Å²) in [5, 5.41) is 13.9. The number of hydrogen-bond donors (Lipinski definition) is 0. The molecule has 0 spiro atoms. The van der Waals surface area contributed by atoms with Crippen molar-refractivity contribution in [1.82, 2.24) is 39.0 Å². The Balaban J connectivity index is 1.23. The first kappa shape index (κ1) is 43.8. The average Bonchev–Trinajstić information content (AvgIpc) is 3.84. The molecular weight excluding hydrogens is 901 g/mol. The van der Waals surface area contributed by atoms with Crippen molar-refractivity contribution in [3.8, 4) is 62.5 Å². The molecule has 70 heavy (non-hydrogen) atoms. The fourth-order valence-corrected chi connectivity index (χ4v) is 9.50. The maximum Gasteiger partial charge on any atom is 0.416 e. The maximum absolute atomic E-state index is 14.4. The highest BCUT2D eigenvalue weighted by Gasteiger charge is 2.37. The number of alkyl halides is 6. The Bertz CT molecular complexity index is 3940. The van der Waals surface area contributed by atoms with Gasteiger partial charge in [-0.2, -0.15) is 31.6 Å². The normalized spacial score (nSPS) is 12.1. The van der Waals surface area contributed by atoms with Crippen molar-refractivity contribution in [3.05, 3.63) is 180 Å². The van der Waals surface area contributed by atoms with E-state index in [1.165, 1.54) is 6.07 Å². The number of nitrogens with zero attached hydrogens (tertiary/aromatic N) is 9. The van der Waals surface area contributed by atoms with Crippen LogP contribution in [0.25, 0.3) is 100 Å². The van der Waals surface area contributed by atoms with Gasteiger partial charge < -0.3 is 9.13 Å². The Kier molecular flexibility index (Phi) is 10.1. The summed E-state index contributed by atoms with van der Waals surface area (Å²) >= 11 is 0. The van der Waals surface area contributed by atoms with Gasteiger partial charge in [-0.15, -0.1) is 0 Å². The van der Waals surface area contributed by atoms with Crippen LogP contribution >= 0.6 is 0 Å². The van der Waals surface area contributed by atoms with Crippen LogP contribution in [-0.2, 0) is 12.4 Å². The summed E-state index contributed by atoms with van der Waals surface area (Å²) < 4.78 is 90.5. The van der Waals surface area contributed by atoms with Gasteiger partial charge in [0.2, 0.25) is 0 Å². The van der Waals surface area contributed by atoms with Crippen LogP contribution in [0.4, 0.5) is 26.3 Å². The summed E-state index contributed by atoms with van der Waals surface area (Å²) in [5.74, 6) is 3.25. The van der Waals surface area contributed by atoms with Gasteiger partial charge in [-0.1, -0.05) is 42.5 Å². The van der Waals surface area contributed by atoms with Crippen LogP contribution in [0.15, 0.2) is 140 Å². The van der Waals surface area contributed by atoms with Crippen molar-refractivity contribution in [2.24, 2.45) is 0 Å². The minimum Gasteiger partial charge on any atom is -0.309 e. The fraction of sp³-hybridized carbons (Fsp3) is 0.109. The lowest BCUT2D eigenvalue weighted by Crippen LogP contribution is -2.11. The van der Waals surface area contributed by atoms with Crippen LogP contribution in [0, 0.1) is 39.0 Å². The Labute approximate surface area is 395 Å². The van der Waals surface area contributed by atoms with Crippen LogP contribution in [0.5, 0.6) is 0 Å². The Morgan fingerprint density at radius 2 is 0.814 bits per heavy atom. The second-order valence-electron chi connectivity index (χ2n) is 17.0. The lowest BCUT2D eigenvalue weighted by atomic mass is 9.93. The summed E-state index contributed by atoms with van der Waals surface area (Å²) in [6, 6.07) is 41.1. The zero-order valence-corrected chi connectivity index (χ0v) is 37.6. The number of nitriles is 1. The smallest absolute Gasteiger partial charge is 0.309 e. The number of hydrogen-bond acceptors (Lipinski definition) is 7. The third-order valence-corrected chi connectivity index (χ3v) is 12.4. The van der Waals surface area contributed by atoms with Crippen molar-refractivity contribution >= 4 is 43.6 Å². The molecule has 15 heteroatoms. The number of benzene rings is 7. The lowest BCUT2D eigenvalue weighted by Gasteiger charge is -2.21. The van der Waals surface area contributed by atoms with Gasteiger partial charge in [0.05, 0.1) is 56.2 Å². The predicted octanol–water partition coefficient (Wildman–Crippen LogP) is 14.1. The number of fused-ring (bicyclic) bond motifs is 6. The quantitative estimate of drug-likeness (QED) is 0.153. The van der Waals surface area contributed by atoms with Gasteiger partial charge in [0.1, 0.15) is 23.3 Å². The maximum atomic E-state index is 14.4. The van der Waals surface area contributed by atoms with Crippen LogP contribution in [0.1, 0.15) is 40.0 Å². The minimum atomic E-state index is -5.08. The predicted molar refractivity (Wildman–Crippen MR) is 257 cm³/mol. The minimum absolute atomic E-state index is 0.0853. The largest absolute Gasteiger partial charge is 0.416 e. The van der Waals surface area contributed by atoms with E-state index >= 15 is 0 Å². The molecule has 0 fully saturated rings. The first-order valence-corrected chi connectivity index (χ1v) is 22.0. The summed E-state index contributed by atoms with van der Waals surface area (Å²) in [7, 11) is 0. The zero-order valence-electron chi connectivity index (χ0n) is 37.6. The standard InChI is InChI=1S/C55H35F6N9/c1-29-63-30(2)66-52(65-29)35-15-19-49-43(25-35)40-9-5-7-11-46(40)69(49)48-17-13-33(28-62)21-42(48)45-24-34(37-22-38(54(56,57)58)27-39(23-37)55(59,60)61)14-18-51(45)70-47-12-8-6-10-41(47)44-26-36(16-20-50(44)70)53-67-31(3)64-32(4)68-53/h5-27H,1-4H3. The second kappa shape index (κ2) is 16.2. The van der Waals surface area contributed by atoms with Crippen LogP contribution in [-0.4, -0.2) is 39.0 Å². The summed E-state index contributed by atoms with van der Waals surface area (Å²) in [6.07, 6.45) is -10.2. The van der Waals surface area contributed by atoms with E-state index in [1.807, 2.05) is 100 Å². The van der Waals surface area contributed by atoms with Crippen LogP contribution in [0.2, 0.25) is 0 Å². The molecule has 11 aromatic rings. The molecule has 0 aliphatic heterocycles. The van der Waals surface area contributed by atoms with Gasteiger partial charge in [0.15, 0.2) is 11.6 Å². The van der Waals surface area contributed by atoms with Crippen LogP contribution in [0.3, 0.4) is 0 Å². The van der Waals surface area contributed by atoms with Gasteiger partial charge in [-0.05, 0) is 136 Å². The molecule has 0 saturated heterocycles. The van der Waals surface area contributed by atoms with E-state index in [0.29, 0.717) is 57.4 Å². The van der Waals surface area contributed by atoms with Crippen molar-refractivity contribution in [2.75, 3.05) is 0 Å². The molecule has 0 amide bonds. The molecule has 0 unspecified atom stereocenters. The lowest BCUT2D eigenvalue weighted by molar-refractivity contribution is -0.143. The van der Waals surface area contributed by atoms with Gasteiger partial charge >= 0.3 is 12.4 Å². The third-order valence-electron chi connectivity index (χ3n) is 12.4. The number of aryl methyl sites for hydroxylation is 4. The first-order valence-electron chi connectivity index (χ1n) is 22.0. The van der Waals surface area contributed by atoms with E-state index in [-0.39, 0.29) is 22.8 Å². The molecule has 0 bridgehead atoms. The highest BCUT2D eigenvalue weighted by Crippen LogP contribution is 2.45. The molecule has 0 aliphatic carbocycles. The SMILES string of the molecule is Cc1nc(C)nc(-c2ccc3c(c2)c2ccccc2n3-c2ccc(C#N)cc2-c2cc(-c3cc(C(F)(F)F)cc(C(F)(F)F)c3)ccc2-n2c3ccccc3c3cc(-c4nc(C)nc(C)n4)ccc32)n1. The van der Waals surface area contributed by atoms with Crippen molar-refractivity contribution in [1.29, 1.82) is 5.26 Å². The van der Waals surface area contributed by atoms with Gasteiger partial charge in [-0.3, -0.25) is 0 Å². The molecule has 0 saturated carbocycles. The second-order valence-corrected chi connectivity index (χ2v) is 17.0. The summed E-state index contributed by atoms with van der Waals surface area (Å²) in [5.41, 5.74) is 3.78. The first-order chi connectivity index (χ1) is 33.5. The monoisotopic (exact) mass is 935 g/mol. The number of aromatic nitrogens is 8. The molecule has 7 aromatic carbocycles. The van der Waals surface area contributed by atoms with Crippen LogP contribution < -0.4 is 0 Å².